The molecule has 0 saturated carbocycles. The molecule has 0 aliphatic carbocycles. The number of benzene rings is 1. The molecule has 2 fully saturated rings. The van der Waals surface area contributed by atoms with Gasteiger partial charge in [-0.05, 0) is 38.4 Å². The number of likely N-dealkylation sites (tertiary alicyclic amines) is 1. The molecule has 3 atom stereocenters. The largest absolute Gasteiger partial charge is 0.496 e. The van der Waals surface area contributed by atoms with Crippen LogP contribution in [0.5, 0.6) is 5.75 Å². The van der Waals surface area contributed by atoms with Crippen LogP contribution in [0.1, 0.15) is 37.8 Å². The van der Waals surface area contributed by atoms with Gasteiger partial charge in [-0.3, -0.25) is 9.69 Å². The van der Waals surface area contributed by atoms with Crippen molar-refractivity contribution in [3.63, 3.8) is 0 Å². The number of likely N-dealkylation sites (N-methyl/N-ethyl adjacent to an activating group) is 1. The lowest BCUT2D eigenvalue weighted by atomic mass is 10.0. The van der Waals surface area contributed by atoms with Gasteiger partial charge in [-0.1, -0.05) is 25.1 Å². The highest BCUT2D eigenvalue weighted by molar-refractivity contribution is 5.82. The summed E-state index contributed by atoms with van der Waals surface area (Å²) in [6.45, 7) is 5.13. The molecule has 2 aliphatic rings. The molecule has 6 nitrogen and oxygen atoms in total. The summed E-state index contributed by atoms with van der Waals surface area (Å²) in [4.78, 5) is 14.9. The van der Waals surface area contributed by atoms with E-state index in [1.807, 2.05) is 24.3 Å². The molecule has 3 unspecified atom stereocenters. The van der Waals surface area contributed by atoms with Crippen LogP contribution in [0.25, 0.3) is 0 Å². The summed E-state index contributed by atoms with van der Waals surface area (Å²) in [7, 11) is 1.67. The van der Waals surface area contributed by atoms with E-state index >= 15 is 0 Å². The molecule has 0 spiro atoms. The number of rotatable bonds is 6. The van der Waals surface area contributed by atoms with Crippen molar-refractivity contribution in [3.05, 3.63) is 29.8 Å². The second-order valence-electron chi connectivity index (χ2n) is 6.54. The molecular formula is C18H28N4O2. The zero-order valence-electron chi connectivity index (χ0n) is 14.5. The summed E-state index contributed by atoms with van der Waals surface area (Å²) >= 11 is 0. The van der Waals surface area contributed by atoms with E-state index in [-0.39, 0.29) is 18.0 Å². The number of para-hydroxylation sites is 1. The maximum absolute atomic E-state index is 12.5. The van der Waals surface area contributed by atoms with E-state index in [4.69, 9.17) is 4.74 Å². The van der Waals surface area contributed by atoms with Gasteiger partial charge in [-0.15, -0.1) is 0 Å². The Morgan fingerprint density at radius 2 is 2.21 bits per heavy atom. The van der Waals surface area contributed by atoms with Gasteiger partial charge < -0.3 is 10.1 Å². The van der Waals surface area contributed by atoms with Crippen LogP contribution in [-0.4, -0.2) is 49.6 Å². The number of nitrogens with one attached hydrogen (secondary N) is 3. The van der Waals surface area contributed by atoms with E-state index in [0.29, 0.717) is 12.5 Å². The van der Waals surface area contributed by atoms with Gasteiger partial charge in [0.2, 0.25) is 5.91 Å². The third kappa shape index (κ3) is 3.71. The van der Waals surface area contributed by atoms with Crippen molar-refractivity contribution in [2.75, 3.05) is 26.7 Å². The van der Waals surface area contributed by atoms with Crippen molar-refractivity contribution < 1.29 is 9.53 Å². The van der Waals surface area contributed by atoms with Crippen molar-refractivity contribution >= 4 is 5.91 Å². The lowest BCUT2D eigenvalue weighted by Crippen LogP contribution is -2.47. The predicted octanol–water partition coefficient (Wildman–Crippen LogP) is 1.20. The molecule has 3 N–H and O–H groups in total. The van der Waals surface area contributed by atoms with E-state index < -0.39 is 0 Å². The van der Waals surface area contributed by atoms with Gasteiger partial charge in [0.25, 0.3) is 0 Å². The van der Waals surface area contributed by atoms with E-state index in [0.717, 1.165) is 30.9 Å². The first-order valence-corrected chi connectivity index (χ1v) is 8.88. The highest BCUT2D eigenvalue weighted by Crippen LogP contribution is 2.29. The Bertz CT molecular complexity index is 566. The maximum atomic E-state index is 12.5. The molecular weight excluding hydrogens is 304 g/mol. The van der Waals surface area contributed by atoms with Gasteiger partial charge in [-0.2, -0.15) is 0 Å². The van der Waals surface area contributed by atoms with Gasteiger partial charge in [0.15, 0.2) is 0 Å². The van der Waals surface area contributed by atoms with Crippen molar-refractivity contribution in [1.29, 1.82) is 0 Å². The van der Waals surface area contributed by atoms with Crippen molar-refractivity contribution in [3.8, 4) is 5.75 Å². The Labute approximate surface area is 143 Å². The van der Waals surface area contributed by atoms with Crippen LogP contribution in [0.2, 0.25) is 0 Å². The van der Waals surface area contributed by atoms with Crippen molar-refractivity contribution in [1.82, 2.24) is 21.1 Å². The van der Waals surface area contributed by atoms with Gasteiger partial charge in [0.1, 0.15) is 11.8 Å². The van der Waals surface area contributed by atoms with Crippen LogP contribution in [-0.2, 0) is 4.79 Å². The third-order valence-electron chi connectivity index (χ3n) is 5.15. The quantitative estimate of drug-likeness (QED) is 0.731. The fraction of sp³-hybridized carbons (Fsp3) is 0.611. The van der Waals surface area contributed by atoms with Crippen LogP contribution in [0, 0.1) is 0 Å². The van der Waals surface area contributed by atoms with E-state index in [1.54, 1.807) is 7.11 Å². The fourth-order valence-electron chi connectivity index (χ4n) is 3.77. The summed E-state index contributed by atoms with van der Waals surface area (Å²) in [6.07, 6.45) is 3.12. The second-order valence-corrected chi connectivity index (χ2v) is 6.54. The second kappa shape index (κ2) is 7.96. The molecule has 6 heteroatoms. The van der Waals surface area contributed by atoms with Crippen LogP contribution in [0.15, 0.2) is 24.3 Å². The molecule has 24 heavy (non-hydrogen) atoms. The van der Waals surface area contributed by atoms with Gasteiger partial charge >= 0.3 is 0 Å². The summed E-state index contributed by atoms with van der Waals surface area (Å²) in [6, 6.07) is 8.28. The maximum Gasteiger partial charge on any atom is 0.238 e. The average molecular weight is 332 g/mol. The Morgan fingerprint density at radius 1 is 1.38 bits per heavy atom. The summed E-state index contributed by atoms with van der Waals surface area (Å²) in [5.41, 5.74) is 7.43. The van der Waals surface area contributed by atoms with E-state index in [9.17, 15) is 4.79 Å². The minimum Gasteiger partial charge on any atom is -0.496 e. The Morgan fingerprint density at radius 3 is 3.00 bits per heavy atom. The number of hydrogen-bond donors (Lipinski definition) is 3. The SMILES string of the molecule is CCN1CCCC1CNC(=O)C1CC(c2ccccc2OC)NN1. The van der Waals surface area contributed by atoms with Crippen LogP contribution in [0.4, 0.5) is 0 Å². The smallest absolute Gasteiger partial charge is 0.238 e. The molecule has 1 amide bonds. The molecule has 2 heterocycles. The zero-order valence-corrected chi connectivity index (χ0v) is 14.5. The van der Waals surface area contributed by atoms with Gasteiger partial charge in [0, 0.05) is 18.2 Å². The summed E-state index contributed by atoms with van der Waals surface area (Å²) in [5.74, 6) is 0.922. The molecule has 2 aliphatic heterocycles. The number of carbonyl (C=O) groups excluding carboxylic acids is 1. The minimum absolute atomic E-state index is 0.0721. The number of methoxy groups -OCH3 is 1. The predicted molar refractivity (Wildman–Crippen MR) is 93.7 cm³/mol. The average Bonchev–Trinajstić information content (AvgIpc) is 3.28. The Hall–Kier alpha value is -1.63. The standard InChI is InChI=1S/C18H28N4O2/c1-3-22-10-6-7-13(22)12-19-18(23)16-11-15(20-21-16)14-8-4-5-9-17(14)24-2/h4-5,8-9,13,15-16,20-21H,3,6-7,10-12H2,1-2H3,(H,19,23). The third-order valence-corrected chi connectivity index (χ3v) is 5.15. The van der Waals surface area contributed by atoms with Crippen molar-refractivity contribution in [2.24, 2.45) is 0 Å². The molecule has 1 aromatic rings. The monoisotopic (exact) mass is 332 g/mol. The minimum atomic E-state index is -0.212. The van der Waals surface area contributed by atoms with Crippen molar-refractivity contribution in [2.45, 2.75) is 44.3 Å². The van der Waals surface area contributed by atoms with E-state index in [2.05, 4.69) is 28.0 Å². The Balaban J connectivity index is 1.52. The van der Waals surface area contributed by atoms with Crippen LogP contribution < -0.4 is 20.9 Å². The molecule has 0 aromatic heterocycles. The Kier molecular flexibility index (Phi) is 5.71. The molecule has 132 valence electrons. The topological polar surface area (TPSA) is 65.6 Å². The molecule has 0 radical (unpaired) electrons. The normalized spacial score (nSPS) is 27.3. The van der Waals surface area contributed by atoms with E-state index in [1.165, 1.54) is 12.8 Å². The number of hydrazine groups is 1. The van der Waals surface area contributed by atoms with Gasteiger partial charge in [0.05, 0.1) is 13.2 Å². The van der Waals surface area contributed by atoms with Gasteiger partial charge in [-0.25, -0.2) is 10.9 Å². The highest BCUT2D eigenvalue weighted by Gasteiger charge is 2.32. The molecule has 1 aromatic carbocycles. The number of nitrogens with zero attached hydrogens (tertiary/aromatic N) is 1. The first-order valence-electron chi connectivity index (χ1n) is 8.88. The first-order chi connectivity index (χ1) is 11.7. The molecule has 0 bridgehead atoms. The summed E-state index contributed by atoms with van der Waals surface area (Å²) < 4.78 is 5.42. The van der Waals surface area contributed by atoms with Crippen LogP contribution in [0.3, 0.4) is 0 Å². The van der Waals surface area contributed by atoms with Crippen LogP contribution >= 0.6 is 0 Å². The fourth-order valence-corrected chi connectivity index (χ4v) is 3.77. The number of hydrogen-bond acceptors (Lipinski definition) is 5. The zero-order chi connectivity index (χ0) is 16.9. The first kappa shape index (κ1) is 17.2. The lowest BCUT2D eigenvalue weighted by Gasteiger charge is -2.23. The summed E-state index contributed by atoms with van der Waals surface area (Å²) in [5, 5.41) is 3.12. The lowest BCUT2D eigenvalue weighted by molar-refractivity contribution is -0.123. The molecule has 3 rings (SSSR count). The highest BCUT2D eigenvalue weighted by atomic mass is 16.5. The number of amides is 1. The molecule has 2 saturated heterocycles. The number of carbonyl (C=O) groups is 1. The number of ether oxygens (including phenoxy) is 1.